The zero-order valence-corrected chi connectivity index (χ0v) is 25.5. The molecular formula is C30H47BrO7. The van der Waals surface area contributed by atoms with Crippen molar-refractivity contribution >= 4 is 33.8 Å². The topological polar surface area (TPSA) is 99.1 Å². The molecule has 0 aromatic carbocycles. The zero-order chi connectivity index (χ0) is 28.0. The fraction of sp³-hybridized carbons (Fsp3) is 0.900. The predicted molar refractivity (Wildman–Crippen MR) is 146 cm³/mol. The van der Waals surface area contributed by atoms with Crippen LogP contribution in [-0.4, -0.2) is 52.8 Å². The Labute approximate surface area is 236 Å². The summed E-state index contributed by atoms with van der Waals surface area (Å²) in [5.74, 6) is 0.595. The van der Waals surface area contributed by atoms with Crippen molar-refractivity contribution in [2.45, 2.75) is 116 Å². The van der Waals surface area contributed by atoms with Crippen molar-refractivity contribution in [1.29, 1.82) is 0 Å². The van der Waals surface area contributed by atoms with Gasteiger partial charge in [0.15, 0.2) is 0 Å². The molecular weight excluding hydrogens is 552 g/mol. The third kappa shape index (κ3) is 5.17. The minimum Gasteiger partial charge on any atom is -0.466 e. The average molecular weight is 600 g/mol. The molecule has 0 saturated heterocycles. The van der Waals surface area contributed by atoms with Crippen LogP contribution in [-0.2, 0) is 28.6 Å². The summed E-state index contributed by atoms with van der Waals surface area (Å²) in [5.41, 5.74) is -0.325. The van der Waals surface area contributed by atoms with Crippen LogP contribution in [0.15, 0.2) is 0 Å². The maximum atomic E-state index is 12.4. The summed E-state index contributed by atoms with van der Waals surface area (Å²) >= 11 is 3.93. The SMILES string of the molecule is CCOC(=O)CC[C@H](C)[C@H]1CC[C@@H]2[C@H]3[C@H](O)[C@H](Br)[C@@H]4C[C@H](OC(C)=O)CC[C@]4(C)[C@@H]3C[C@H](OC(C)=O)[C@@]21C. The molecule has 0 bridgehead atoms. The van der Waals surface area contributed by atoms with Gasteiger partial charge in [0.1, 0.15) is 12.2 Å². The normalized spacial score (nSPS) is 44.7. The van der Waals surface area contributed by atoms with E-state index >= 15 is 0 Å². The van der Waals surface area contributed by atoms with Gasteiger partial charge >= 0.3 is 17.9 Å². The molecule has 38 heavy (non-hydrogen) atoms. The number of halogens is 1. The van der Waals surface area contributed by atoms with Gasteiger partial charge in [-0.3, -0.25) is 14.4 Å². The van der Waals surface area contributed by atoms with Crippen LogP contribution in [0.2, 0.25) is 0 Å². The molecule has 0 spiro atoms. The molecule has 0 aromatic rings. The summed E-state index contributed by atoms with van der Waals surface area (Å²) in [6, 6.07) is 0. The van der Waals surface area contributed by atoms with Crippen molar-refractivity contribution in [3.05, 3.63) is 0 Å². The highest BCUT2D eigenvalue weighted by Gasteiger charge is 2.68. The highest BCUT2D eigenvalue weighted by atomic mass is 79.9. The first-order chi connectivity index (χ1) is 17.8. The van der Waals surface area contributed by atoms with Crippen LogP contribution < -0.4 is 0 Å². The lowest BCUT2D eigenvalue weighted by atomic mass is 9.43. The molecule has 4 aliphatic carbocycles. The molecule has 0 radical (unpaired) electrons. The summed E-state index contributed by atoms with van der Waals surface area (Å²) in [7, 11) is 0. The lowest BCUT2D eigenvalue weighted by molar-refractivity contribution is -0.215. The van der Waals surface area contributed by atoms with Crippen molar-refractivity contribution in [2.75, 3.05) is 6.61 Å². The Balaban J connectivity index is 1.64. The number of rotatable bonds is 7. The van der Waals surface area contributed by atoms with Gasteiger partial charge in [0.2, 0.25) is 0 Å². The number of hydrogen-bond acceptors (Lipinski definition) is 7. The summed E-state index contributed by atoms with van der Waals surface area (Å²) in [5, 5.41) is 11.9. The van der Waals surface area contributed by atoms with E-state index < -0.39 is 6.10 Å². The van der Waals surface area contributed by atoms with E-state index in [9.17, 15) is 19.5 Å². The molecule has 1 N–H and O–H groups in total. The number of fused-ring (bicyclic) bond motifs is 5. The Kier molecular flexibility index (Phi) is 8.93. The van der Waals surface area contributed by atoms with E-state index in [1.165, 1.54) is 13.8 Å². The largest absolute Gasteiger partial charge is 0.466 e. The Morgan fingerprint density at radius 2 is 1.68 bits per heavy atom. The third-order valence-electron chi connectivity index (χ3n) is 11.2. The second-order valence-electron chi connectivity index (χ2n) is 13.0. The van der Waals surface area contributed by atoms with Gasteiger partial charge in [-0.15, -0.1) is 0 Å². The molecule has 12 atom stereocenters. The number of esters is 3. The zero-order valence-electron chi connectivity index (χ0n) is 23.9. The predicted octanol–water partition coefficient (Wildman–Crippen LogP) is 5.44. The van der Waals surface area contributed by atoms with Crippen molar-refractivity contribution in [2.24, 2.45) is 46.3 Å². The Hall–Kier alpha value is -1.15. The van der Waals surface area contributed by atoms with E-state index in [1.54, 1.807) is 0 Å². The van der Waals surface area contributed by atoms with Gasteiger partial charge in [-0.25, -0.2) is 0 Å². The molecule has 0 unspecified atom stereocenters. The van der Waals surface area contributed by atoms with Crippen LogP contribution in [0.25, 0.3) is 0 Å². The Bertz CT molecular complexity index is 909. The molecule has 4 saturated carbocycles. The molecule has 4 rings (SSSR count). The van der Waals surface area contributed by atoms with Crippen LogP contribution in [0.1, 0.15) is 92.9 Å². The number of ether oxygens (including phenoxy) is 3. The van der Waals surface area contributed by atoms with Gasteiger partial charge in [0.05, 0.1) is 12.7 Å². The number of aliphatic hydroxyl groups is 1. The van der Waals surface area contributed by atoms with E-state index in [4.69, 9.17) is 14.2 Å². The second-order valence-corrected chi connectivity index (χ2v) is 14.1. The molecule has 4 fully saturated rings. The Morgan fingerprint density at radius 1 is 1.00 bits per heavy atom. The summed E-state index contributed by atoms with van der Waals surface area (Å²) < 4.78 is 17.0. The summed E-state index contributed by atoms with van der Waals surface area (Å²) in [6.45, 7) is 12.0. The lowest BCUT2D eigenvalue weighted by Gasteiger charge is -2.65. The van der Waals surface area contributed by atoms with Crippen LogP contribution >= 0.6 is 15.9 Å². The van der Waals surface area contributed by atoms with Gasteiger partial charge in [0.25, 0.3) is 0 Å². The van der Waals surface area contributed by atoms with Gasteiger partial charge in [-0.05, 0) is 92.8 Å². The fourth-order valence-corrected chi connectivity index (χ4v) is 10.7. The third-order valence-corrected chi connectivity index (χ3v) is 12.4. The summed E-state index contributed by atoms with van der Waals surface area (Å²) in [6.07, 6.45) is 5.46. The van der Waals surface area contributed by atoms with E-state index in [-0.39, 0.29) is 75.4 Å². The van der Waals surface area contributed by atoms with E-state index in [2.05, 4.69) is 36.7 Å². The molecule has 8 heteroatoms. The van der Waals surface area contributed by atoms with Gasteiger partial charge in [-0.1, -0.05) is 36.7 Å². The Morgan fingerprint density at radius 3 is 2.32 bits per heavy atom. The highest BCUT2D eigenvalue weighted by Crippen LogP contribution is 2.69. The van der Waals surface area contributed by atoms with E-state index in [0.29, 0.717) is 18.9 Å². The number of hydrogen-bond donors (Lipinski definition) is 1. The van der Waals surface area contributed by atoms with Gasteiger partial charge in [-0.2, -0.15) is 0 Å². The average Bonchev–Trinajstić information content (AvgIpc) is 3.20. The van der Waals surface area contributed by atoms with Crippen LogP contribution in [0.4, 0.5) is 0 Å². The smallest absolute Gasteiger partial charge is 0.305 e. The van der Waals surface area contributed by atoms with Crippen molar-refractivity contribution in [3.8, 4) is 0 Å². The van der Waals surface area contributed by atoms with Crippen molar-refractivity contribution < 1.29 is 33.7 Å². The molecule has 4 aliphatic rings. The molecule has 0 aromatic heterocycles. The maximum Gasteiger partial charge on any atom is 0.305 e. The van der Waals surface area contributed by atoms with Crippen LogP contribution in [0.5, 0.6) is 0 Å². The first kappa shape index (κ1) is 29.8. The first-order valence-electron chi connectivity index (χ1n) is 14.7. The van der Waals surface area contributed by atoms with E-state index in [0.717, 1.165) is 44.9 Å². The molecule has 0 amide bonds. The number of carbonyl (C=O) groups is 3. The second kappa shape index (κ2) is 11.4. The summed E-state index contributed by atoms with van der Waals surface area (Å²) in [4.78, 5) is 36.1. The maximum absolute atomic E-state index is 12.4. The van der Waals surface area contributed by atoms with Crippen molar-refractivity contribution in [1.82, 2.24) is 0 Å². The number of aliphatic hydroxyl groups excluding tert-OH is 1. The minimum atomic E-state index is -0.523. The number of alkyl halides is 1. The standard InChI is InChI=1S/C30H47BrO7/c1-7-36-25(34)11-8-16(2)20-9-10-21-26-22(15-24(30(20,21)6)38-18(4)33)29(5)13-12-19(37-17(3)32)14-23(29)27(31)28(26)35/h16,19-24,26-28,35H,7-15H2,1-6H3/t16-,19+,20+,21+,22+,23-,24-,26+,27+,28-,29+,30+/m0/s1. The fourth-order valence-electron chi connectivity index (χ4n) is 9.57. The molecule has 0 aliphatic heterocycles. The first-order valence-corrected chi connectivity index (χ1v) is 15.6. The van der Waals surface area contributed by atoms with E-state index in [1.807, 2.05) is 6.92 Å². The molecule has 216 valence electrons. The number of carbonyl (C=O) groups excluding carboxylic acids is 3. The highest BCUT2D eigenvalue weighted by molar-refractivity contribution is 9.09. The minimum absolute atomic E-state index is 0.0535. The van der Waals surface area contributed by atoms with Crippen molar-refractivity contribution in [3.63, 3.8) is 0 Å². The molecule has 7 nitrogen and oxygen atoms in total. The van der Waals surface area contributed by atoms with Crippen LogP contribution in [0.3, 0.4) is 0 Å². The van der Waals surface area contributed by atoms with Gasteiger partial charge < -0.3 is 19.3 Å². The molecule has 0 heterocycles. The lowest BCUT2D eigenvalue weighted by Crippen LogP contribution is -2.66. The quantitative estimate of drug-likeness (QED) is 0.236. The van der Waals surface area contributed by atoms with Gasteiger partial charge in [0, 0.05) is 30.5 Å². The monoisotopic (exact) mass is 598 g/mol. The van der Waals surface area contributed by atoms with Crippen LogP contribution in [0, 0.1) is 46.3 Å².